The molecule has 0 aliphatic heterocycles. The van der Waals surface area contributed by atoms with Crippen LogP contribution in [-0.4, -0.2) is 26.1 Å². The molecule has 1 amide bonds. The lowest BCUT2D eigenvalue weighted by atomic mass is 10.2. The van der Waals surface area contributed by atoms with E-state index in [1.807, 2.05) is 26.1 Å². The number of hydrogen-bond donors (Lipinski definition) is 2. The number of rotatable bonds is 6. The summed E-state index contributed by atoms with van der Waals surface area (Å²) in [7, 11) is 3.54. The summed E-state index contributed by atoms with van der Waals surface area (Å²) in [6.07, 6.45) is 0. The minimum absolute atomic E-state index is 0.0919. The summed E-state index contributed by atoms with van der Waals surface area (Å²) in [4.78, 5) is 14.7. The van der Waals surface area contributed by atoms with Crippen LogP contribution in [-0.2, 0) is 11.3 Å². The fourth-order valence-electron chi connectivity index (χ4n) is 2.12. The smallest absolute Gasteiger partial charge is 0.282 e. The second kappa shape index (κ2) is 8.02. The van der Waals surface area contributed by atoms with Crippen molar-refractivity contribution in [2.75, 3.05) is 19.5 Å². The lowest BCUT2D eigenvalue weighted by Crippen LogP contribution is -3.12. The molecule has 0 aliphatic rings. The summed E-state index contributed by atoms with van der Waals surface area (Å²) in [5, 5.41) is 3.43. The zero-order valence-corrected chi connectivity index (χ0v) is 15.5. The first-order valence-electron chi connectivity index (χ1n) is 7.11. The fourth-order valence-corrected chi connectivity index (χ4v) is 3.47. The van der Waals surface area contributed by atoms with Crippen molar-refractivity contribution in [2.45, 2.75) is 19.5 Å². The van der Waals surface area contributed by atoms with Gasteiger partial charge in [-0.2, -0.15) is 0 Å². The molecule has 0 aliphatic carbocycles. The minimum Gasteiger partial charge on any atom is -0.495 e. The maximum Gasteiger partial charge on any atom is 0.282 e. The number of amides is 1. The third-order valence-corrected chi connectivity index (χ3v) is 5.10. The summed E-state index contributed by atoms with van der Waals surface area (Å²) < 4.78 is 6.00. The van der Waals surface area contributed by atoms with E-state index in [1.54, 1.807) is 25.3 Å². The fraction of sp³-hybridized carbons (Fsp3) is 0.312. The number of methoxy groups -OCH3 is 1. The summed E-state index contributed by atoms with van der Waals surface area (Å²) in [6.45, 7) is 2.62. The monoisotopic (exact) mass is 373 g/mol. The molecule has 1 aromatic heterocycles. The average molecular weight is 374 g/mol. The Labute approximate surface area is 150 Å². The van der Waals surface area contributed by atoms with Crippen molar-refractivity contribution in [3.8, 4) is 5.75 Å². The van der Waals surface area contributed by atoms with Gasteiger partial charge in [-0.3, -0.25) is 4.79 Å². The number of carbonyl (C=O) groups excluding carboxylic acids is 1. The van der Waals surface area contributed by atoms with E-state index in [9.17, 15) is 4.79 Å². The van der Waals surface area contributed by atoms with E-state index >= 15 is 0 Å². The molecule has 7 heteroatoms. The van der Waals surface area contributed by atoms with Crippen molar-refractivity contribution in [1.29, 1.82) is 0 Å². The molecular formula is C16H19Cl2N2O2S+. The van der Waals surface area contributed by atoms with Crippen LogP contribution in [0.3, 0.4) is 0 Å². The molecule has 2 aromatic rings. The molecule has 1 heterocycles. The Bertz CT molecular complexity index is 690. The molecule has 0 saturated carbocycles. The van der Waals surface area contributed by atoms with E-state index in [1.165, 1.54) is 11.3 Å². The van der Waals surface area contributed by atoms with Gasteiger partial charge in [0.15, 0.2) is 6.04 Å². The Hall–Kier alpha value is -1.27. The van der Waals surface area contributed by atoms with Crippen LogP contribution in [0.2, 0.25) is 9.36 Å². The Balaban J connectivity index is 2.03. The molecule has 0 saturated heterocycles. The first-order chi connectivity index (χ1) is 10.9. The lowest BCUT2D eigenvalue weighted by Gasteiger charge is -2.21. The van der Waals surface area contributed by atoms with Gasteiger partial charge in [-0.05, 0) is 37.3 Å². The number of likely N-dealkylation sites (N-methyl/N-ethyl adjacent to an activating group) is 1. The first kappa shape index (κ1) is 18.1. The number of carbonyl (C=O) groups is 1. The van der Waals surface area contributed by atoms with E-state index in [-0.39, 0.29) is 11.9 Å². The van der Waals surface area contributed by atoms with Gasteiger partial charge >= 0.3 is 0 Å². The number of anilines is 1. The van der Waals surface area contributed by atoms with Crippen LogP contribution < -0.4 is 15.0 Å². The molecule has 0 spiro atoms. The SMILES string of the molecule is COc1ccc(Cl)cc1NC(=O)[C@H](C)[NH+](C)Cc1ccc(Cl)s1. The second-order valence-electron chi connectivity index (χ2n) is 5.28. The minimum atomic E-state index is -0.237. The number of benzene rings is 1. The molecular weight excluding hydrogens is 355 g/mol. The highest BCUT2D eigenvalue weighted by Crippen LogP contribution is 2.27. The van der Waals surface area contributed by atoms with Crippen molar-refractivity contribution < 1.29 is 14.4 Å². The van der Waals surface area contributed by atoms with Crippen LogP contribution >= 0.6 is 34.5 Å². The number of hydrogen-bond acceptors (Lipinski definition) is 3. The van der Waals surface area contributed by atoms with E-state index in [0.29, 0.717) is 16.5 Å². The Morgan fingerprint density at radius 2 is 2.09 bits per heavy atom. The van der Waals surface area contributed by atoms with E-state index in [4.69, 9.17) is 27.9 Å². The number of nitrogens with one attached hydrogen (secondary N) is 2. The van der Waals surface area contributed by atoms with Gasteiger partial charge in [0.2, 0.25) is 0 Å². The van der Waals surface area contributed by atoms with E-state index < -0.39 is 0 Å². The van der Waals surface area contributed by atoms with E-state index in [0.717, 1.165) is 20.7 Å². The van der Waals surface area contributed by atoms with Gasteiger partial charge in [0, 0.05) is 5.02 Å². The molecule has 0 bridgehead atoms. The van der Waals surface area contributed by atoms with Crippen LogP contribution in [0.4, 0.5) is 5.69 Å². The average Bonchev–Trinajstić information content (AvgIpc) is 2.91. The molecule has 0 fully saturated rings. The standard InChI is InChI=1S/C16H18Cl2N2O2S/c1-10(20(2)9-12-5-7-15(18)23-12)16(21)19-13-8-11(17)4-6-14(13)22-3/h4-8,10H,9H2,1-3H3,(H,19,21)/p+1/t10-/m0/s1. The molecule has 0 radical (unpaired) electrons. The van der Waals surface area contributed by atoms with Crippen molar-refractivity contribution >= 4 is 46.1 Å². The zero-order chi connectivity index (χ0) is 17.0. The van der Waals surface area contributed by atoms with Crippen LogP contribution in [0.5, 0.6) is 5.75 Å². The van der Waals surface area contributed by atoms with Crippen molar-refractivity contribution in [3.63, 3.8) is 0 Å². The largest absolute Gasteiger partial charge is 0.495 e. The predicted octanol–water partition coefficient (Wildman–Crippen LogP) is 3.11. The summed E-state index contributed by atoms with van der Waals surface area (Å²) >= 11 is 13.5. The highest BCUT2D eigenvalue weighted by molar-refractivity contribution is 7.16. The molecule has 2 rings (SSSR count). The van der Waals surface area contributed by atoms with Crippen molar-refractivity contribution in [2.24, 2.45) is 0 Å². The molecule has 2 N–H and O–H groups in total. The van der Waals surface area contributed by atoms with Gasteiger partial charge in [0.25, 0.3) is 5.91 Å². The number of quaternary nitrogens is 1. The van der Waals surface area contributed by atoms with Gasteiger partial charge in [-0.15, -0.1) is 11.3 Å². The van der Waals surface area contributed by atoms with Gasteiger partial charge in [-0.1, -0.05) is 23.2 Å². The molecule has 2 atom stereocenters. The van der Waals surface area contributed by atoms with Crippen LogP contribution in [0, 0.1) is 0 Å². The number of thiophene rings is 1. The number of halogens is 2. The van der Waals surface area contributed by atoms with E-state index in [2.05, 4.69) is 5.32 Å². The Kier molecular flexibility index (Phi) is 6.30. The van der Waals surface area contributed by atoms with Crippen molar-refractivity contribution in [3.05, 3.63) is 44.6 Å². The normalized spacial score (nSPS) is 13.4. The van der Waals surface area contributed by atoms with Gasteiger partial charge < -0.3 is 15.0 Å². The lowest BCUT2D eigenvalue weighted by molar-refractivity contribution is -0.907. The maximum atomic E-state index is 12.5. The molecule has 1 unspecified atom stereocenters. The third-order valence-electron chi connectivity index (χ3n) is 3.63. The quantitative estimate of drug-likeness (QED) is 0.816. The van der Waals surface area contributed by atoms with Gasteiger partial charge in [-0.25, -0.2) is 0 Å². The highest BCUT2D eigenvalue weighted by atomic mass is 35.5. The highest BCUT2D eigenvalue weighted by Gasteiger charge is 2.23. The van der Waals surface area contributed by atoms with Crippen LogP contribution in [0.1, 0.15) is 11.8 Å². The number of ether oxygens (including phenoxy) is 1. The maximum absolute atomic E-state index is 12.5. The summed E-state index contributed by atoms with van der Waals surface area (Å²) in [6, 6.07) is 8.75. The molecule has 124 valence electrons. The van der Waals surface area contributed by atoms with Gasteiger partial charge in [0.1, 0.15) is 12.3 Å². The molecule has 23 heavy (non-hydrogen) atoms. The van der Waals surface area contributed by atoms with Crippen molar-refractivity contribution in [1.82, 2.24) is 0 Å². The van der Waals surface area contributed by atoms with Crippen LogP contribution in [0.25, 0.3) is 0 Å². The Morgan fingerprint density at radius 3 is 2.70 bits per heavy atom. The van der Waals surface area contributed by atoms with Crippen LogP contribution in [0.15, 0.2) is 30.3 Å². The summed E-state index contributed by atoms with van der Waals surface area (Å²) in [5.41, 5.74) is 0.573. The first-order valence-corrected chi connectivity index (χ1v) is 8.69. The predicted molar refractivity (Wildman–Crippen MR) is 96.0 cm³/mol. The Morgan fingerprint density at radius 1 is 1.35 bits per heavy atom. The molecule has 4 nitrogen and oxygen atoms in total. The molecule has 1 aromatic carbocycles. The second-order valence-corrected chi connectivity index (χ2v) is 7.52. The third kappa shape index (κ3) is 4.85. The summed E-state index contributed by atoms with van der Waals surface area (Å²) in [5.74, 6) is 0.489. The topological polar surface area (TPSA) is 42.8 Å². The zero-order valence-electron chi connectivity index (χ0n) is 13.2. The van der Waals surface area contributed by atoms with Gasteiger partial charge in [0.05, 0.1) is 29.1 Å².